The molecule has 1 heterocycles. The second-order valence-electron chi connectivity index (χ2n) is 5.50. The van der Waals surface area contributed by atoms with Crippen molar-refractivity contribution in [3.05, 3.63) is 81.5 Å². The van der Waals surface area contributed by atoms with Crippen molar-refractivity contribution >= 4 is 29.2 Å². The molecular weight excluding hydrogens is 397 g/mol. The second-order valence-corrected chi connectivity index (χ2v) is 6.34. The van der Waals surface area contributed by atoms with Crippen LogP contribution in [0.5, 0.6) is 0 Å². The predicted octanol–water partition coefficient (Wildman–Crippen LogP) is 2.25. The Bertz CT molecular complexity index is 891. The molecule has 0 bridgehead atoms. The summed E-state index contributed by atoms with van der Waals surface area (Å²) in [5, 5.41) is 13.3. The average Bonchev–Trinajstić information content (AvgIpc) is 3.06. The third kappa shape index (κ3) is 5.02. The number of hydrogen-bond acceptors (Lipinski definition) is 3. The van der Waals surface area contributed by atoms with E-state index in [9.17, 15) is 4.79 Å². The molecule has 3 aromatic rings. The zero-order valence-electron chi connectivity index (χ0n) is 13.5. The number of nitrogens with one attached hydrogen (secondary N) is 1. The van der Waals surface area contributed by atoms with Crippen LogP contribution in [0.2, 0.25) is 10.0 Å². The maximum atomic E-state index is 10.8. The van der Waals surface area contributed by atoms with Crippen LogP contribution in [0.3, 0.4) is 0 Å². The lowest BCUT2D eigenvalue weighted by atomic mass is 10.1. The molecule has 0 fully saturated rings. The number of carboxylic acid groups (broad SMARTS) is 1. The van der Waals surface area contributed by atoms with E-state index in [1.54, 1.807) is 42.5 Å². The smallest absolute Gasteiger partial charge is 0.335 e. The van der Waals surface area contributed by atoms with E-state index in [4.69, 9.17) is 32.7 Å². The fourth-order valence-corrected chi connectivity index (χ4v) is 2.78. The van der Waals surface area contributed by atoms with Crippen LogP contribution in [0.4, 0.5) is 0 Å². The van der Waals surface area contributed by atoms with E-state index in [2.05, 4.69) is 5.32 Å². The standard InChI is InChI=1S/C19H15Cl2NO3.ClH/c20-14-5-7-17(21)16(9-14)18-8-6-15(25-18)11-22-10-12-1-3-13(4-2-12)19(23)24;/h1-9,22H,10-11H2,(H,23,24);1H/p-1. The fraction of sp³-hybridized carbons (Fsp3) is 0.105. The van der Waals surface area contributed by atoms with Crippen LogP contribution in [0, 0.1) is 0 Å². The lowest BCUT2D eigenvalue weighted by Crippen LogP contribution is -3.00. The van der Waals surface area contributed by atoms with E-state index >= 15 is 0 Å². The molecule has 7 heteroatoms. The summed E-state index contributed by atoms with van der Waals surface area (Å²) < 4.78 is 5.81. The van der Waals surface area contributed by atoms with Gasteiger partial charge in [0.05, 0.1) is 17.1 Å². The molecule has 0 aliphatic heterocycles. The monoisotopic (exact) mass is 410 g/mol. The zero-order valence-corrected chi connectivity index (χ0v) is 15.8. The van der Waals surface area contributed by atoms with E-state index in [1.165, 1.54) is 0 Å². The Morgan fingerprint density at radius 2 is 1.73 bits per heavy atom. The predicted molar refractivity (Wildman–Crippen MR) is 98.1 cm³/mol. The van der Waals surface area contributed by atoms with Gasteiger partial charge in [0.25, 0.3) is 0 Å². The highest BCUT2D eigenvalue weighted by atomic mass is 35.5. The van der Waals surface area contributed by atoms with Gasteiger partial charge in [-0.3, -0.25) is 0 Å². The molecule has 2 N–H and O–H groups in total. The lowest BCUT2D eigenvalue weighted by Gasteiger charge is -2.04. The number of furan rings is 1. The molecule has 0 saturated heterocycles. The summed E-state index contributed by atoms with van der Waals surface area (Å²) in [6.45, 7) is 1.15. The number of halogens is 3. The molecule has 0 atom stereocenters. The summed E-state index contributed by atoms with van der Waals surface area (Å²) in [5.41, 5.74) is 2.03. The van der Waals surface area contributed by atoms with Crippen molar-refractivity contribution in [2.24, 2.45) is 0 Å². The normalized spacial score (nSPS) is 10.4. The molecule has 1 aromatic heterocycles. The molecule has 2 aromatic carbocycles. The summed E-state index contributed by atoms with van der Waals surface area (Å²) in [6.07, 6.45) is 0. The molecule has 0 amide bonds. The van der Waals surface area contributed by atoms with Crippen molar-refractivity contribution in [3.8, 4) is 11.3 Å². The number of hydrogen-bond donors (Lipinski definition) is 2. The van der Waals surface area contributed by atoms with E-state index in [0.29, 0.717) is 28.9 Å². The van der Waals surface area contributed by atoms with Gasteiger partial charge in [-0.15, -0.1) is 0 Å². The topological polar surface area (TPSA) is 62.5 Å². The van der Waals surface area contributed by atoms with Gasteiger partial charge >= 0.3 is 5.97 Å². The first-order valence-electron chi connectivity index (χ1n) is 7.60. The van der Waals surface area contributed by atoms with E-state index < -0.39 is 5.97 Å². The minimum absolute atomic E-state index is 0. The SMILES string of the molecule is O=C(O)c1ccc(CNCc2ccc(-c3cc(Cl)ccc3Cl)o2)cc1.[Cl-]. The lowest BCUT2D eigenvalue weighted by molar-refractivity contribution is -0.0000209. The Balaban J connectivity index is 0.00000243. The van der Waals surface area contributed by atoms with Crippen molar-refractivity contribution in [2.75, 3.05) is 0 Å². The summed E-state index contributed by atoms with van der Waals surface area (Å²) in [4.78, 5) is 10.8. The second kappa shape index (κ2) is 9.10. The van der Waals surface area contributed by atoms with Crippen molar-refractivity contribution in [2.45, 2.75) is 13.1 Å². The Morgan fingerprint density at radius 3 is 2.42 bits per heavy atom. The van der Waals surface area contributed by atoms with Gasteiger partial charge in [-0.25, -0.2) is 4.79 Å². The molecular formula is C19H15Cl3NO3-. The van der Waals surface area contributed by atoms with Crippen LogP contribution in [-0.4, -0.2) is 11.1 Å². The van der Waals surface area contributed by atoms with E-state index in [0.717, 1.165) is 16.9 Å². The van der Waals surface area contributed by atoms with Gasteiger partial charge in [-0.2, -0.15) is 0 Å². The van der Waals surface area contributed by atoms with Crippen LogP contribution in [0.1, 0.15) is 21.7 Å². The number of carbonyl (C=O) groups is 1. The highest BCUT2D eigenvalue weighted by Crippen LogP contribution is 2.31. The van der Waals surface area contributed by atoms with Gasteiger partial charge in [-0.1, -0.05) is 35.3 Å². The summed E-state index contributed by atoms with van der Waals surface area (Å²) in [6, 6.07) is 15.7. The Kier molecular flexibility index (Phi) is 7.12. The molecule has 0 unspecified atom stereocenters. The maximum Gasteiger partial charge on any atom is 0.335 e. The molecule has 0 aliphatic carbocycles. The molecule has 0 radical (unpaired) electrons. The van der Waals surface area contributed by atoms with Crippen molar-refractivity contribution < 1.29 is 26.7 Å². The van der Waals surface area contributed by atoms with Crippen LogP contribution >= 0.6 is 23.2 Å². The largest absolute Gasteiger partial charge is 1.00 e. The Labute approximate surface area is 167 Å². The molecule has 0 saturated carbocycles. The molecule has 0 aliphatic rings. The highest BCUT2D eigenvalue weighted by Gasteiger charge is 2.09. The summed E-state index contributed by atoms with van der Waals surface area (Å²) >= 11 is 12.2. The van der Waals surface area contributed by atoms with Gasteiger partial charge in [0.2, 0.25) is 0 Å². The molecule has 136 valence electrons. The quantitative estimate of drug-likeness (QED) is 0.653. The molecule has 4 nitrogen and oxygen atoms in total. The number of rotatable bonds is 6. The van der Waals surface area contributed by atoms with Gasteiger partial charge in [0.15, 0.2) is 0 Å². The van der Waals surface area contributed by atoms with Gasteiger partial charge < -0.3 is 27.2 Å². The van der Waals surface area contributed by atoms with E-state index in [-0.39, 0.29) is 18.0 Å². The number of carboxylic acids is 1. The van der Waals surface area contributed by atoms with Crippen molar-refractivity contribution in [3.63, 3.8) is 0 Å². The highest BCUT2D eigenvalue weighted by molar-refractivity contribution is 6.35. The Hall–Kier alpha value is -1.98. The Morgan fingerprint density at radius 1 is 1.00 bits per heavy atom. The van der Waals surface area contributed by atoms with Crippen LogP contribution in [0.25, 0.3) is 11.3 Å². The van der Waals surface area contributed by atoms with E-state index in [1.807, 2.05) is 12.1 Å². The first kappa shape index (κ1) is 20.3. The van der Waals surface area contributed by atoms with Crippen molar-refractivity contribution in [1.82, 2.24) is 5.32 Å². The average molecular weight is 412 g/mol. The first-order chi connectivity index (χ1) is 12.0. The third-order valence-corrected chi connectivity index (χ3v) is 4.25. The minimum atomic E-state index is -0.928. The fourth-order valence-electron chi connectivity index (χ4n) is 2.40. The van der Waals surface area contributed by atoms with Crippen LogP contribution in [0.15, 0.2) is 59.0 Å². The molecule has 0 spiro atoms. The molecule has 3 rings (SSSR count). The van der Waals surface area contributed by atoms with Gasteiger partial charge in [-0.05, 0) is 48.0 Å². The molecule has 26 heavy (non-hydrogen) atoms. The van der Waals surface area contributed by atoms with Crippen molar-refractivity contribution in [1.29, 1.82) is 0 Å². The minimum Gasteiger partial charge on any atom is -1.00 e. The summed E-state index contributed by atoms with van der Waals surface area (Å²) in [5.74, 6) is 0.505. The van der Waals surface area contributed by atoms with Crippen LogP contribution in [-0.2, 0) is 13.1 Å². The number of aromatic carboxylic acids is 1. The first-order valence-corrected chi connectivity index (χ1v) is 8.35. The third-order valence-electron chi connectivity index (χ3n) is 3.68. The number of benzene rings is 2. The van der Waals surface area contributed by atoms with Gasteiger partial charge in [0, 0.05) is 17.1 Å². The maximum absolute atomic E-state index is 10.8. The van der Waals surface area contributed by atoms with Gasteiger partial charge in [0.1, 0.15) is 11.5 Å². The summed E-state index contributed by atoms with van der Waals surface area (Å²) in [7, 11) is 0. The van der Waals surface area contributed by atoms with Crippen LogP contribution < -0.4 is 17.7 Å². The zero-order chi connectivity index (χ0) is 17.8.